The van der Waals surface area contributed by atoms with E-state index in [0.717, 1.165) is 12.1 Å². The van der Waals surface area contributed by atoms with Crippen LogP contribution >= 0.6 is 0 Å². The van der Waals surface area contributed by atoms with Crippen LogP contribution in [0.15, 0.2) is 36.5 Å². The first-order valence-corrected chi connectivity index (χ1v) is 6.33. The van der Waals surface area contributed by atoms with Crippen molar-refractivity contribution >= 4 is 0 Å². The first-order valence-electron chi connectivity index (χ1n) is 6.33. The van der Waals surface area contributed by atoms with Crippen molar-refractivity contribution in [2.24, 2.45) is 0 Å². The van der Waals surface area contributed by atoms with Gasteiger partial charge in [0.15, 0.2) is 0 Å². The van der Waals surface area contributed by atoms with E-state index in [1.165, 1.54) is 18.5 Å². The predicted molar refractivity (Wildman–Crippen MR) is 69.3 cm³/mol. The molecular formula is C14H17N3O. The number of hydrogen-bond acceptors (Lipinski definition) is 3. The van der Waals surface area contributed by atoms with Gasteiger partial charge in [0, 0.05) is 18.8 Å². The van der Waals surface area contributed by atoms with Crippen molar-refractivity contribution in [1.82, 2.24) is 15.1 Å². The lowest BCUT2D eigenvalue weighted by atomic mass is 10.2. The Morgan fingerprint density at radius 2 is 2.22 bits per heavy atom. The SMILES string of the molecule is Oc1cccc(Cn2nccc2CNC2CC2)c1. The van der Waals surface area contributed by atoms with Crippen molar-refractivity contribution < 1.29 is 5.11 Å². The summed E-state index contributed by atoms with van der Waals surface area (Å²) in [6.07, 6.45) is 4.41. The van der Waals surface area contributed by atoms with Gasteiger partial charge in [-0.3, -0.25) is 4.68 Å². The Hall–Kier alpha value is -1.81. The Balaban J connectivity index is 1.69. The number of aromatic nitrogens is 2. The number of aromatic hydroxyl groups is 1. The van der Waals surface area contributed by atoms with Gasteiger partial charge >= 0.3 is 0 Å². The van der Waals surface area contributed by atoms with Crippen LogP contribution in [-0.2, 0) is 13.1 Å². The van der Waals surface area contributed by atoms with Crippen molar-refractivity contribution in [3.8, 4) is 5.75 Å². The van der Waals surface area contributed by atoms with E-state index in [2.05, 4.69) is 10.4 Å². The second-order valence-corrected chi connectivity index (χ2v) is 4.81. The van der Waals surface area contributed by atoms with E-state index in [1.807, 2.05) is 29.1 Å². The minimum absolute atomic E-state index is 0.303. The van der Waals surface area contributed by atoms with Gasteiger partial charge in [-0.2, -0.15) is 5.10 Å². The molecule has 2 aromatic rings. The first-order chi connectivity index (χ1) is 8.81. The van der Waals surface area contributed by atoms with Gasteiger partial charge in [0.1, 0.15) is 5.75 Å². The lowest BCUT2D eigenvalue weighted by Gasteiger charge is -2.08. The number of hydrogen-bond donors (Lipinski definition) is 2. The molecule has 2 N–H and O–H groups in total. The Morgan fingerprint density at radius 1 is 1.33 bits per heavy atom. The van der Waals surface area contributed by atoms with E-state index < -0.39 is 0 Å². The normalized spacial score (nSPS) is 14.9. The van der Waals surface area contributed by atoms with Crippen LogP contribution in [0.5, 0.6) is 5.75 Å². The molecular weight excluding hydrogens is 226 g/mol. The summed E-state index contributed by atoms with van der Waals surface area (Å²) in [5, 5.41) is 17.3. The Bertz CT molecular complexity index is 531. The van der Waals surface area contributed by atoms with Crippen LogP contribution in [0.1, 0.15) is 24.1 Å². The van der Waals surface area contributed by atoms with Crippen LogP contribution in [0.4, 0.5) is 0 Å². The van der Waals surface area contributed by atoms with Crippen LogP contribution in [0.2, 0.25) is 0 Å². The van der Waals surface area contributed by atoms with Crippen LogP contribution in [-0.4, -0.2) is 20.9 Å². The molecule has 4 heteroatoms. The summed E-state index contributed by atoms with van der Waals surface area (Å²) in [5.41, 5.74) is 2.25. The minimum atomic E-state index is 0.303. The molecule has 1 heterocycles. The fourth-order valence-corrected chi connectivity index (χ4v) is 2.02. The van der Waals surface area contributed by atoms with Gasteiger partial charge in [-0.1, -0.05) is 12.1 Å². The molecule has 18 heavy (non-hydrogen) atoms. The number of benzene rings is 1. The molecule has 94 valence electrons. The van der Waals surface area contributed by atoms with Crippen LogP contribution < -0.4 is 5.32 Å². The van der Waals surface area contributed by atoms with Crippen molar-refractivity contribution in [2.75, 3.05) is 0 Å². The average Bonchev–Trinajstić information content (AvgIpc) is 3.08. The van der Waals surface area contributed by atoms with Gasteiger partial charge < -0.3 is 10.4 Å². The van der Waals surface area contributed by atoms with E-state index in [9.17, 15) is 5.11 Å². The highest BCUT2D eigenvalue weighted by Crippen LogP contribution is 2.19. The van der Waals surface area contributed by atoms with E-state index in [0.29, 0.717) is 18.3 Å². The molecule has 0 saturated heterocycles. The molecule has 1 aliphatic rings. The van der Waals surface area contributed by atoms with E-state index in [-0.39, 0.29) is 0 Å². The third-order valence-corrected chi connectivity index (χ3v) is 3.20. The van der Waals surface area contributed by atoms with Crippen LogP contribution in [0.25, 0.3) is 0 Å². The largest absolute Gasteiger partial charge is 0.508 e. The lowest BCUT2D eigenvalue weighted by molar-refractivity contribution is 0.474. The molecule has 0 atom stereocenters. The van der Waals surface area contributed by atoms with Gasteiger partial charge in [0.2, 0.25) is 0 Å². The predicted octanol–water partition coefficient (Wildman–Crippen LogP) is 1.89. The van der Waals surface area contributed by atoms with Gasteiger partial charge in [0.25, 0.3) is 0 Å². The van der Waals surface area contributed by atoms with E-state index >= 15 is 0 Å². The van der Waals surface area contributed by atoms with E-state index in [4.69, 9.17) is 0 Å². The maximum absolute atomic E-state index is 9.45. The molecule has 1 aliphatic carbocycles. The van der Waals surface area contributed by atoms with Crippen molar-refractivity contribution in [3.63, 3.8) is 0 Å². The van der Waals surface area contributed by atoms with Gasteiger partial charge in [-0.25, -0.2) is 0 Å². The average molecular weight is 243 g/mol. The third kappa shape index (κ3) is 2.71. The number of nitrogens with zero attached hydrogens (tertiary/aromatic N) is 2. The second kappa shape index (κ2) is 4.82. The number of nitrogens with one attached hydrogen (secondary N) is 1. The summed E-state index contributed by atoms with van der Waals surface area (Å²) in [4.78, 5) is 0. The fourth-order valence-electron chi connectivity index (χ4n) is 2.02. The minimum Gasteiger partial charge on any atom is -0.508 e. The lowest BCUT2D eigenvalue weighted by Crippen LogP contribution is -2.18. The van der Waals surface area contributed by atoms with Crippen molar-refractivity contribution in [3.05, 3.63) is 47.8 Å². The van der Waals surface area contributed by atoms with Gasteiger partial charge in [-0.15, -0.1) is 0 Å². The number of phenolic OH excluding ortho intramolecular Hbond substituents is 1. The molecule has 1 saturated carbocycles. The maximum atomic E-state index is 9.45. The summed E-state index contributed by atoms with van der Waals surface area (Å²) in [7, 11) is 0. The highest BCUT2D eigenvalue weighted by molar-refractivity contribution is 5.27. The number of rotatable bonds is 5. The molecule has 1 aromatic carbocycles. The maximum Gasteiger partial charge on any atom is 0.115 e. The second-order valence-electron chi connectivity index (χ2n) is 4.81. The molecule has 4 nitrogen and oxygen atoms in total. The molecule has 0 bridgehead atoms. The molecule has 1 aromatic heterocycles. The zero-order valence-electron chi connectivity index (χ0n) is 10.2. The molecule has 0 spiro atoms. The molecule has 0 radical (unpaired) electrons. The summed E-state index contributed by atoms with van der Waals surface area (Å²) < 4.78 is 1.98. The third-order valence-electron chi connectivity index (χ3n) is 3.20. The highest BCUT2D eigenvalue weighted by atomic mass is 16.3. The van der Waals surface area contributed by atoms with E-state index in [1.54, 1.807) is 12.1 Å². The molecule has 0 aliphatic heterocycles. The topological polar surface area (TPSA) is 50.1 Å². The van der Waals surface area contributed by atoms with Gasteiger partial charge in [-0.05, 0) is 36.6 Å². The first kappa shape index (κ1) is 11.3. The molecule has 1 fully saturated rings. The molecule has 3 rings (SSSR count). The van der Waals surface area contributed by atoms with Gasteiger partial charge in [0.05, 0.1) is 12.2 Å². The highest BCUT2D eigenvalue weighted by Gasteiger charge is 2.20. The summed E-state index contributed by atoms with van der Waals surface area (Å²) in [6, 6.07) is 10.1. The standard InChI is InChI=1S/C14H17N3O/c18-14-3-1-2-11(8-14)10-17-13(6-7-16-17)9-15-12-4-5-12/h1-3,6-8,12,15,18H,4-5,9-10H2. The van der Waals surface area contributed by atoms with Crippen molar-refractivity contribution in [1.29, 1.82) is 0 Å². The Morgan fingerprint density at radius 3 is 3.00 bits per heavy atom. The number of phenols is 1. The summed E-state index contributed by atoms with van der Waals surface area (Å²) in [5.74, 6) is 0.303. The Labute approximate surface area is 106 Å². The summed E-state index contributed by atoms with van der Waals surface area (Å²) in [6.45, 7) is 1.56. The zero-order valence-corrected chi connectivity index (χ0v) is 10.2. The van der Waals surface area contributed by atoms with Crippen LogP contribution in [0.3, 0.4) is 0 Å². The van der Waals surface area contributed by atoms with Crippen molar-refractivity contribution in [2.45, 2.75) is 32.0 Å². The quantitative estimate of drug-likeness (QED) is 0.843. The van der Waals surface area contributed by atoms with Crippen LogP contribution in [0, 0.1) is 0 Å². The smallest absolute Gasteiger partial charge is 0.115 e. The Kier molecular flexibility index (Phi) is 3.02. The molecule has 0 amide bonds. The zero-order chi connectivity index (χ0) is 12.4. The fraction of sp³-hybridized carbons (Fsp3) is 0.357. The monoisotopic (exact) mass is 243 g/mol. The summed E-state index contributed by atoms with van der Waals surface area (Å²) >= 11 is 0. The molecule has 0 unspecified atom stereocenters.